The number of hydrogen-bond donors (Lipinski definition) is 0. The fraction of sp³-hybridized carbons (Fsp3) is 0.231. The molecule has 0 N–H and O–H groups in total. The maximum absolute atomic E-state index is 13.2. The first-order valence-electron chi connectivity index (χ1n) is 10.6. The molecule has 33 heavy (non-hydrogen) atoms. The number of Topliss-reactive ketones (excluding diaryl/α,β-unsaturated/α-hetero) is 1. The third-order valence-corrected chi connectivity index (χ3v) is 5.86. The molecule has 5 rings (SSSR count). The molecule has 0 bridgehead atoms. The highest BCUT2D eigenvalue weighted by Gasteiger charge is 2.33. The summed E-state index contributed by atoms with van der Waals surface area (Å²) in [6.07, 6.45) is 5.32. The number of carbonyl (C=O) groups excluding carboxylic acids is 1. The van der Waals surface area contributed by atoms with Gasteiger partial charge in [-0.25, -0.2) is 0 Å². The van der Waals surface area contributed by atoms with Crippen LogP contribution in [0.2, 0.25) is 0 Å². The predicted octanol–water partition coefficient (Wildman–Crippen LogP) is 4.38. The predicted molar refractivity (Wildman–Crippen MR) is 123 cm³/mol. The molecule has 1 aromatic heterocycles. The van der Waals surface area contributed by atoms with Crippen LogP contribution in [0.5, 0.6) is 23.0 Å². The Balaban J connectivity index is 1.43. The van der Waals surface area contributed by atoms with E-state index >= 15 is 0 Å². The number of carbonyl (C=O) groups is 1. The third kappa shape index (κ3) is 3.91. The molecule has 3 heterocycles. The van der Waals surface area contributed by atoms with E-state index in [0.717, 1.165) is 34.5 Å². The summed E-state index contributed by atoms with van der Waals surface area (Å²) < 4.78 is 22.8. The summed E-state index contributed by atoms with van der Waals surface area (Å²) in [7, 11) is 3.17. The topological polar surface area (TPSA) is 70.1 Å². The number of ether oxygens (including phenoxy) is 4. The van der Waals surface area contributed by atoms with Gasteiger partial charge in [-0.3, -0.25) is 14.7 Å². The van der Waals surface area contributed by atoms with E-state index in [1.165, 1.54) is 0 Å². The summed E-state index contributed by atoms with van der Waals surface area (Å²) in [4.78, 5) is 19.6. The number of benzene rings is 2. The SMILES string of the molecule is COc1ccc(C=C2Oc3c(cc4c(c3C)OCN(Cc3cccnc3)C4)C2=O)c(OC)c1. The minimum Gasteiger partial charge on any atom is -0.497 e. The number of methoxy groups -OCH3 is 2. The lowest BCUT2D eigenvalue weighted by Gasteiger charge is -2.30. The Morgan fingerprint density at radius 2 is 2.03 bits per heavy atom. The molecule has 2 aliphatic rings. The molecule has 0 spiro atoms. The highest BCUT2D eigenvalue weighted by Crippen LogP contribution is 2.43. The Morgan fingerprint density at radius 3 is 2.79 bits per heavy atom. The van der Waals surface area contributed by atoms with Crippen LogP contribution in [0.4, 0.5) is 0 Å². The van der Waals surface area contributed by atoms with Gasteiger partial charge < -0.3 is 18.9 Å². The van der Waals surface area contributed by atoms with Gasteiger partial charge in [-0.15, -0.1) is 0 Å². The van der Waals surface area contributed by atoms with Crippen molar-refractivity contribution < 1.29 is 23.7 Å². The van der Waals surface area contributed by atoms with E-state index in [1.54, 1.807) is 32.6 Å². The molecule has 0 atom stereocenters. The zero-order valence-corrected chi connectivity index (χ0v) is 18.8. The number of allylic oxidation sites excluding steroid dienone is 1. The van der Waals surface area contributed by atoms with Crippen LogP contribution >= 0.6 is 0 Å². The van der Waals surface area contributed by atoms with Crippen LogP contribution in [0.1, 0.15) is 32.6 Å². The highest BCUT2D eigenvalue weighted by atomic mass is 16.5. The second kappa shape index (κ2) is 8.60. The number of hydrogen-bond acceptors (Lipinski definition) is 7. The number of aromatic nitrogens is 1. The van der Waals surface area contributed by atoms with Gasteiger partial charge in [-0.1, -0.05) is 6.07 Å². The van der Waals surface area contributed by atoms with Gasteiger partial charge in [0.2, 0.25) is 5.78 Å². The van der Waals surface area contributed by atoms with Crippen LogP contribution in [-0.2, 0) is 13.1 Å². The van der Waals surface area contributed by atoms with Crippen molar-refractivity contribution in [2.75, 3.05) is 21.0 Å². The Morgan fingerprint density at radius 1 is 1.15 bits per heavy atom. The van der Waals surface area contributed by atoms with Crippen molar-refractivity contribution in [2.45, 2.75) is 20.0 Å². The van der Waals surface area contributed by atoms with Crippen LogP contribution in [-0.4, -0.2) is 36.6 Å². The maximum Gasteiger partial charge on any atom is 0.231 e. The molecule has 0 amide bonds. The molecule has 0 radical (unpaired) electrons. The van der Waals surface area contributed by atoms with Crippen molar-refractivity contribution in [3.8, 4) is 23.0 Å². The van der Waals surface area contributed by atoms with Crippen molar-refractivity contribution in [3.05, 3.63) is 82.4 Å². The lowest BCUT2D eigenvalue weighted by molar-refractivity contribution is 0.0876. The fourth-order valence-corrected chi connectivity index (χ4v) is 4.23. The summed E-state index contributed by atoms with van der Waals surface area (Å²) >= 11 is 0. The second-order valence-corrected chi connectivity index (χ2v) is 8.04. The normalized spacial score (nSPS) is 16.1. The van der Waals surface area contributed by atoms with Crippen molar-refractivity contribution >= 4 is 11.9 Å². The molecule has 2 aromatic carbocycles. The zero-order chi connectivity index (χ0) is 22.9. The fourth-order valence-electron chi connectivity index (χ4n) is 4.23. The van der Waals surface area contributed by atoms with Gasteiger partial charge in [-0.05, 0) is 42.8 Å². The zero-order valence-electron chi connectivity index (χ0n) is 18.8. The summed E-state index contributed by atoms with van der Waals surface area (Å²) in [5, 5.41) is 0. The number of nitrogens with zero attached hydrogens (tertiary/aromatic N) is 2. The maximum atomic E-state index is 13.2. The van der Waals surface area contributed by atoms with E-state index < -0.39 is 0 Å². The number of pyridine rings is 1. The Kier molecular flexibility index (Phi) is 5.48. The van der Waals surface area contributed by atoms with Gasteiger partial charge in [0.05, 0.1) is 19.8 Å². The quantitative estimate of drug-likeness (QED) is 0.541. The Hall–Kier alpha value is -3.84. The number of fused-ring (bicyclic) bond motifs is 2. The monoisotopic (exact) mass is 444 g/mol. The van der Waals surface area contributed by atoms with Crippen LogP contribution in [0.3, 0.4) is 0 Å². The van der Waals surface area contributed by atoms with E-state index in [9.17, 15) is 4.79 Å². The van der Waals surface area contributed by atoms with E-state index in [2.05, 4.69) is 9.88 Å². The first-order valence-corrected chi connectivity index (χ1v) is 10.6. The van der Waals surface area contributed by atoms with E-state index in [0.29, 0.717) is 36.1 Å². The molecule has 3 aromatic rings. The standard InChI is InChI=1S/C26H24N2O5/c1-16-25-19(14-28(15-32-25)13-17-5-4-8-27-12-17)9-21-24(29)23(33-26(16)21)10-18-6-7-20(30-2)11-22(18)31-3/h4-12H,13-15H2,1-3H3. The number of ketones is 1. The molecule has 2 aliphatic heterocycles. The Labute approximate surface area is 192 Å². The third-order valence-electron chi connectivity index (χ3n) is 5.86. The van der Waals surface area contributed by atoms with Gasteiger partial charge in [0.1, 0.15) is 29.7 Å². The second-order valence-electron chi connectivity index (χ2n) is 8.04. The smallest absolute Gasteiger partial charge is 0.231 e. The number of rotatable bonds is 5. The minimum absolute atomic E-state index is 0.154. The molecule has 7 nitrogen and oxygen atoms in total. The van der Waals surface area contributed by atoms with Gasteiger partial charge >= 0.3 is 0 Å². The molecular formula is C26H24N2O5. The Bertz CT molecular complexity index is 1250. The van der Waals surface area contributed by atoms with Gasteiger partial charge in [0.25, 0.3) is 0 Å². The van der Waals surface area contributed by atoms with Crippen LogP contribution in [0, 0.1) is 6.92 Å². The molecule has 0 aliphatic carbocycles. The van der Waals surface area contributed by atoms with Crippen LogP contribution in [0.25, 0.3) is 6.08 Å². The van der Waals surface area contributed by atoms with E-state index in [4.69, 9.17) is 18.9 Å². The summed E-state index contributed by atoms with van der Waals surface area (Å²) in [5.41, 5.74) is 4.21. The average molecular weight is 444 g/mol. The van der Waals surface area contributed by atoms with Crippen LogP contribution < -0.4 is 18.9 Å². The molecule has 7 heteroatoms. The largest absolute Gasteiger partial charge is 0.497 e. The van der Waals surface area contributed by atoms with Crippen molar-refractivity contribution in [1.82, 2.24) is 9.88 Å². The minimum atomic E-state index is -0.154. The molecule has 168 valence electrons. The summed E-state index contributed by atoms with van der Waals surface area (Å²) in [6, 6.07) is 11.3. The van der Waals surface area contributed by atoms with E-state index in [1.807, 2.05) is 43.5 Å². The highest BCUT2D eigenvalue weighted by molar-refractivity contribution is 6.15. The van der Waals surface area contributed by atoms with Crippen LogP contribution in [0.15, 0.2) is 54.6 Å². The molecule has 0 fully saturated rings. The average Bonchev–Trinajstić information content (AvgIpc) is 3.15. The van der Waals surface area contributed by atoms with Gasteiger partial charge in [0.15, 0.2) is 5.76 Å². The van der Waals surface area contributed by atoms with Gasteiger partial charge in [-0.2, -0.15) is 0 Å². The van der Waals surface area contributed by atoms with Crippen molar-refractivity contribution in [2.24, 2.45) is 0 Å². The van der Waals surface area contributed by atoms with Crippen molar-refractivity contribution in [1.29, 1.82) is 0 Å². The summed E-state index contributed by atoms with van der Waals surface area (Å²) in [6.45, 7) is 3.78. The molecule has 0 saturated heterocycles. The van der Waals surface area contributed by atoms with E-state index in [-0.39, 0.29) is 11.5 Å². The lowest BCUT2D eigenvalue weighted by Crippen LogP contribution is -2.32. The molecular weight excluding hydrogens is 420 g/mol. The first-order chi connectivity index (χ1) is 16.1. The van der Waals surface area contributed by atoms with Crippen molar-refractivity contribution in [3.63, 3.8) is 0 Å². The summed E-state index contributed by atoms with van der Waals surface area (Å²) in [5.74, 6) is 2.71. The van der Waals surface area contributed by atoms with Gasteiger partial charge in [0, 0.05) is 48.2 Å². The lowest BCUT2D eigenvalue weighted by atomic mass is 10.00. The first kappa shape index (κ1) is 21.0. The molecule has 0 saturated carbocycles. The molecule has 0 unspecified atom stereocenters.